The number of carbonyl (C=O) groups is 1. The van der Waals surface area contributed by atoms with Crippen molar-refractivity contribution in [2.75, 3.05) is 13.1 Å². The third kappa shape index (κ3) is 4.17. The van der Waals surface area contributed by atoms with Crippen LogP contribution in [0.25, 0.3) is 0 Å². The van der Waals surface area contributed by atoms with Gasteiger partial charge in [0.15, 0.2) is 0 Å². The summed E-state index contributed by atoms with van der Waals surface area (Å²) >= 11 is 0. The largest absolute Gasteiger partial charge is 0.338 e. The number of aromatic nitrogens is 3. The molecule has 2 heterocycles. The minimum atomic E-state index is 0.198. The summed E-state index contributed by atoms with van der Waals surface area (Å²) in [6.07, 6.45) is 16.2. The van der Waals surface area contributed by atoms with Gasteiger partial charge >= 0.3 is 0 Å². The zero-order chi connectivity index (χ0) is 20.4. The van der Waals surface area contributed by atoms with Crippen molar-refractivity contribution in [3.8, 4) is 0 Å². The fourth-order valence-corrected chi connectivity index (χ4v) is 6.06. The number of hydrogen-bond acceptors (Lipinski definition) is 3. The summed E-state index contributed by atoms with van der Waals surface area (Å²) in [5.74, 6) is 0.770. The molecule has 5 nitrogen and oxygen atoms in total. The van der Waals surface area contributed by atoms with Crippen LogP contribution in [0.1, 0.15) is 98.2 Å². The molecule has 2 saturated carbocycles. The average molecular weight is 407 g/mol. The van der Waals surface area contributed by atoms with Gasteiger partial charge in [-0.2, -0.15) is 0 Å². The minimum absolute atomic E-state index is 0.198. The smallest absolute Gasteiger partial charge is 0.253 e. The lowest BCUT2D eigenvalue weighted by molar-refractivity contribution is 0.0526. The summed E-state index contributed by atoms with van der Waals surface area (Å²) in [5.41, 5.74) is 3.47. The second-order valence-corrected chi connectivity index (χ2v) is 9.91. The van der Waals surface area contributed by atoms with Gasteiger partial charge in [-0.1, -0.05) is 49.5 Å². The number of carbonyl (C=O) groups excluding carboxylic acids is 1. The van der Waals surface area contributed by atoms with Crippen LogP contribution in [0.3, 0.4) is 0 Å². The van der Waals surface area contributed by atoms with Crippen LogP contribution >= 0.6 is 0 Å². The van der Waals surface area contributed by atoms with Crippen LogP contribution in [-0.2, 0) is 6.54 Å². The lowest BCUT2D eigenvalue weighted by Crippen LogP contribution is -2.45. The highest BCUT2D eigenvalue weighted by Crippen LogP contribution is 2.45. The van der Waals surface area contributed by atoms with Gasteiger partial charge in [-0.25, -0.2) is 4.68 Å². The first-order valence-corrected chi connectivity index (χ1v) is 12.0. The summed E-state index contributed by atoms with van der Waals surface area (Å²) in [7, 11) is 0. The van der Waals surface area contributed by atoms with E-state index in [2.05, 4.69) is 33.5 Å². The molecule has 1 saturated heterocycles. The molecule has 5 heteroatoms. The van der Waals surface area contributed by atoms with Crippen molar-refractivity contribution in [2.24, 2.45) is 5.41 Å². The van der Waals surface area contributed by atoms with Gasteiger partial charge in [0.1, 0.15) is 0 Å². The lowest BCUT2D eigenvalue weighted by atomic mass is 9.78. The third-order valence-electron chi connectivity index (χ3n) is 7.71. The van der Waals surface area contributed by atoms with Gasteiger partial charge in [0.05, 0.1) is 12.2 Å². The molecule has 0 bridgehead atoms. The number of rotatable bonds is 4. The minimum Gasteiger partial charge on any atom is -0.338 e. The van der Waals surface area contributed by atoms with Gasteiger partial charge in [-0.15, -0.1) is 5.10 Å². The van der Waals surface area contributed by atoms with E-state index >= 15 is 0 Å². The molecule has 0 radical (unpaired) electrons. The molecular weight excluding hydrogens is 372 g/mol. The lowest BCUT2D eigenvalue weighted by Gasteiger charge is -2.40. The normalized spacial score (nSPS) is 21.9. The molecular formula is C25H34N4O. The highest BCUT2D eigenvalue weighted by Gasteiger charge is 2.39. The molecule has 30 heavy (non-hydrogen) atoms. The third-order valence-corrected chi connectivity index (χ3v) is 7.71. The van der Waals surface area contributed by atoms with Crippen LogP contribution in [0.15, 0.2) is 30.5 Å². The summed E-state index contributed by atoms with van der Waals surface area (Å²) in [6.45, 7) is 2.52. The predicted octanol–water partition coefficient (Wildman–Crippen LogP) is 5.17. The summed E-state index contributed by atoms with van der Waals surface area (Å²) in [5, 5.41) is 8.82. The Bertz CT molecular complexity index is 877. The maximum Gasteiger partial charge on any atom is 0.253 e. The first-order valence-electron chi connectivity index (χ1n) is 12.0. The standard InChI is InChI=1S/C25H34N4O/c30-24(28-15-7-14-25(19-28)12-4-5-13-25)22-11-6-8-20(16-22)17-29-18-23(26-27-29)21-9-2-1-3-10-21/h6,8,11,16,18,21H,1-5,7,9-10,12-15,17,19H2. The molecule has 2 aromatic rings. The van der Waals surface area contributed by atoms with E-state index in [1.54, 1.807) is 0 Å². The van der Waals surface area contributed by atoms with Crippen LogP contribution in [0.5, 0.6) is 0 Å². The number of nitrogens with zero attached hydrogens (tertiary/aromatic N) is 4. The fourth-order valence-electron chi connectivity index (χ4n) is 6.06. The maximum absolute atomic E-state index is 13.2. The summed E-state index contributed by atoms with van der Waals surface area (Å²) in [4.78, 5) is 15.4. The number of hydrogen-bond donors (Lipinski definition) is 0. The molecule has 3 fully saturated rings. The molecule has 3 aliphatic rings. The summed E-state index contributed by atoms with van der Waals surface area (Å²) in [6, 6.07) is 8.13. The second-order valence-electron chi connectivity index (χ2n) is 9.91. The molecule has 5 rings (SSSR count). The molecule has 0 unspecified atom stereocenters. The molecule has 1 spiro atoms. The molecule has 0 N–H and O–H groups in total. The first-order chi connectivity index (χ1) is 14.7. The Morgan fingerprint density at radius 1 is 1.03 bits per heavy atom. The van der Waals surface area contributed by atoms with Crippen molar-refractivity contribution in [1.29, 1.82) is 0 Å². The van der Waals surface area contributed by atoms with Crippen molar-refractivity contribution in [1.82, 2.24) is 19.9 Å². The van der Waals surface area contributed by atoms with Gasteiger partial charge < -0.3 is 4.90 Å². The van der Waals surface area contributed by atoms with E-state index < -0.39 is 0 Å². The first kappa shape index (κ1) is 19.8. The Labute approximate surface area is 179 Å². The van der Waals surface area contributed by atoms with Crippen LogP contribution in [0.4, 0.5) is 0 Å². The Hall–Kier alpha value is -2.17. The van der Waals surface area contributed by atoms with Crippen LogP contribution < -0.4 is 0 Å². The van der Waals surface area contributed by atoms with E-state index in [1.807, 2.05) is 16.8 Å². The number of amides is 1. The van der Waals surface area contributed by atoms with Crippen LogP contribution in [0.2, 0.25) is 0 Å². The Kier molecular flexibility index (Phi) is 5.62. The van der Waals surface area contributed by atoms with E-state index in [9.17, 15) is 4.79 Å². The van der Waals surface area contributed by atoms with Crippen molar-refractivity contribution in [2.45, 2.75) is 83.1 Å². The average Bonchev–Trinajstić information content (AvgIpc) is 3.44. The van der Waals surface area contributed by atoms with Gasteiger partial charge in [0, 0.05) is 30.8 Å². The van der Waals surface area contributed by atoms with Crippen molar-refractivity contribution < 1.29 is 4.79 Å². The van der Waals surface area contributed by atoms with Crippen molar-refractivity contribution in [3.63, 3.8) is 0 Å². The molecule has 1 aromatic carbocycles. The Morgan fingerprint density at radius 2 is 1.83 bits per heavy atom. The number of benzene rings is 1. The van der Waals surface area contributed by atoms with Gasteiger partial charge in [-0.3, -0.25) is 4.79 Å². The van der Waals surface area contributed by atoms with E-state index in [1.165, 1.54) is 64.2 Å². The predicted molar refractivity (Wildman–Crippen MR) is 117 cm³/mol. The van der Waals surface area contributed by atoms with Gasteiger partial charge in [0.25, 0.3) is 5.91 Å². The second kappa shape index (κ2) is 8.52. The molecule has 0 atom stereocenters. The quantitative estimate of drug-likeness (QED) is 0.704. The topological polar surface area (TPSA) is 51.0 Å². The fraction of sp³-hybridized carbons (Fsp3) is 0.640. The van der Waals surface area contributed by atoms with E-state index in [4.69, 9.17) is 0 Å². The maximum atomic E-state index is 13.2. The van der Waals surface area contributed by atoms with Crippen LogP contribution in [0, 0.1) is 5.41 Å². The Balaban J connectivity index is 1.26. The van der Waals surface area contributed by atoms with Crippen molar-refractivity contribution in [3.05, 3.63) is 47.3 Å². The highest BCUT2D eigenvalue weighted by atomic mass is 16.2. The van der Waals surface area contributed by atoms with Gasteiger partial charge in [-0.05, 0) is 61.6 Å². The molecule has 160 valence electrons. The van der Waals surface area contributed by atoms with E-state index in [0.29, 0.717) is 17.9 Å². The number of likely N-dealkylation sites (tertiary alicyclic amines) is 1. The van der Waals surface area contributed by atoms with Crippen LogP contribution in [-0.4, -0.2) is 38.9 Å². The van der Waals surface area contributed by atoms with Crippen molar-refractivity contribution >= 4 is 5.91 Å². The van der Waals surface area contributed by atoms with E-state index in [0.717, 1.165) is 36.3 Å². The zero-order valence-electron chi connectivity index (χ0n) is 18.1. The number of piperidine rings is 1. The monoisotopic (exact) mass is 406 g/mol. The zero-order valence-corrected chi connectivity index (χ0v) is 18.1. The Morgan fingerprint density at radius 3 is 2.67 bits per heavy atom. The SMILES string of the molecule is O=C(c1cccc(Cn2cc(C3CCCCC3)nn2)c1)N1CCCC2(CCCC2)C1. The molecule has 1 aromatic heterocycles. The van der Waals surface area contributed by atoms with E-state index in [-0.39, 0.29) is 5.91 Å². The molecule has 1 aliphatic heterocycles. The summed E-state index contributed by atoms with van der Waals surface area (Å²) < 4.78 is 1.93. The highest BCUT2D eigenvalue weighted by molar-refractivity contribution is 5.94. The molecule has 1 amide bonds. The molecule has 2 aliphatic carbocycles. The van der Waals surface area contributed by atoms with Gasteiger partial charge in [0.2, 0.25) is 0 Å².